The zero-order valence-electron chi connectivity index (χ0n) is 14.5. The SMILES string of the molecule is CC(=O)c1cccc(S(=O)(=O)N(C)CC(C)(C)c2ccccc2)c1. The highest BCUT2D eigenvalue weighted by molar-refractivity contribution is 7.89. The molecular weight excluding hydrogens is 322 g/mol. The van der Waals surface area contributed by atoms with Crippen LogP contribution in [0.2, 0.25) is 0 Å². The fourth-order valence-corrected chi connectivity index (χ4v) is 4.06. The number of Topliss-reactive ketones (excluding diaryl/α,β-unsaturated/α-hetero) is 1. The topological polar surface area (TPSA) is 54.5 Å². The summed E-state index contributed by atoms with van der Waals surface area (Å²) in [6, 6.07) is 16.0. The van der Waals surface area contributed by atoms with Crippen LogP contribution < -0.4 is 0 Å². The van der Waals surface area contributed by atoms with Gasteiger partial charge in [-0.15, -0.1) is 0 Å². The Bertz CT molecular complexity index is 827. The first-order chi connectivity index (χ1) is 11.1. The predicted molar refractivity (Wildman–Crippen MR) is 95.7 cm³/mol. The van der Waals surface area contributed by atoms with Crippen LogP contribution in [0.25, 0.3) is 0 Å². The second-order valence-electron chi connectivity index (χ2n) is 6.60. The first-order valence-corrected chi connectivity index (χ1v) is 9.21. The van der Waals surface area contributed by atoms with E-state index in [0.29, 0.717) is 12.1 Å². The summed E-state index contributed by atoms with van der Waals surface area (Å²) in [4.78, 5) is 11.6. The fourth-order valence-electron chi connectivity index (χ4n) is 2.68. The van der Waals surface area contributed by atoms with Crippen molar-refractivity contribution in [1.29, 1.82) is 0 Å². The third-order valence-corrected chi connectivity index (χ3v) is 5.92. The second kappa shape index (κ2) is 6.87. The lowest BCUT2D eigenvalue weighted by Gasteiger charge is -2.30. The molecule has 0 N–H and O–H groups in total. The van der Waals surface area contributed by atoms with Crippen molar-refractivity contribution in [3.05, 3.63) is 65.7 Å². The molecule has 0 fully saturated rings. The van der Waals surface area contributed by atoms with Crippen LogP contribution in [0.1, 0.15) is 36.7 Å². The fraction of sp³-hybridized carbons (Fsp3) is 0.316. The number of rotatable bonds is 6. The van der Waals surface area contributed by atoms with Crippen LogP contribution in [0, 0.1) is 0 Å². The molecule has 128 valence electrons. The number of hydrogen-bond donors (Lipinski definition) is 0. The summed E-state index contributed by atoms with van der Waals surface area (Å²) in [6.07, 6.45) is 0. The molecule has 0 saturated carbocycles. The number of carbonyl (C=O) groups excluding carboxylic acids is 1. The van der Waals surface area contributed by atoms with Crippen LogP contribution in [-0.2, 0) is 15.4 Å². The molecular formula is C19H23NO3S. The minimum Gasteiger partial charge on any atom is -0.295 e. The quantitative estimate of drug-likeness (QED) is 0.753. The number of nitrogens with zero attached hydrogens (tertiary/aromatic N) is 1. The first-order valence-electron chi connectivity index (χ1n) is 7.77. The van der Waals surface area contributed by atoms with Crippen LogP contribution >= 0.6 is 0 Å². The number of carbonyl (C=O) groups is 1. The summed E-state index contributed by atoms with van der Waals surface area (Å²) in [7, 11) is -2.09. The smallest absolute Gasteiger partial charge is 0.242 e. The Morgan fingerprint density at radius 2 is 1.67 bits per heavy atom. The zero-order chi connectivity index (χ0) is 18.0. The molecule has 2 aromatic rings. The minimum absolute atomic E-state index is 0.140. The van der Waals surface area contributed by atoms with Crippen molar-refractivity contribution in [3.8, 4) is 0 Å². The van der Waals surface area contributed by atoms with Gasteiger partial charge >= 0.3 is 0 Å². The van der Waals surface area contributed by atoms with Gasteiger partial charge in [0.2, 0.25) is 10.0 Å². The summed E-state index contributed by atoms with van der Waals surface area (Å²) in [5.74, 6) is -0.153. The van der Waals surface area contributed by atoms with Gasteiger partial charge in [-0.1, -0.05) is 56.3 Å². The van der Waals surface area contributed by atoms with E-state index in [1.54, 1.807) is 19.2 Å². The molecule has 0 radical (unpaired) electrons. The molecule has 0 atom stereocenters. The van der Waals surface area contributed by atoms with E-state index in [0.717, 1.165) is 5.56 Å². The van der Waals surface area contributed by atoms with Crippen molar-refractivity contribution in [1.82, 2.24) is 4.31 Å². The zero-order valence-corrected chi connectivity index (χ0v) is 15.3. The Labute approximate surface area is 144 Å². The highest BCUT2D eigenvalue weighted by Gasteiger charge is 2.29. The summed E-state index contributed by atoms with van der Waals surface area (Å²) < 4.78 is 27.0. The van der Waals surface area contributed by atoms with Gasteiger partial charge in [0.25, 0.3) is 0 Å². The lowest BCUT2D eigenvalue weighted by atomic mass is 9.85. The van der Waals surface area contributed by atoms with Crippen LogP contribution in [0.4, 0.5) is 0 Å². The Morgan fingerprint density at radius 1 is 1.04 bits per heavy atom. The van der Waals surface area contributed by atoms with Gasteiger partial charge in [-0.3, -0.25) is 4.79 Å². The Morgan fingerprint density at radius 3 is 2.25 bits per heavy atom. The van der Waals surface area contributed by atoms with Gasteiger partial charge in [0, 0.05) is 24.6 Å². The maximum absolute atomic E-state index is 12.8. The lowest BCUT2D eigenvalue weighted by Crippen LogP contribution is -2.38. The van der Waals surface area contributed by atoms with Gasteiger partial charge in [0.1, 0.15) is 0 Å². The molecule has 4 nitrogen and oxygen atoms in total. The molecule has 2 rings (SSSR count). The number of benzene rings is 2. The average Bonchev–Trinajstić information content (AvgIpc) is 2.55. The second-order valence-corrected chi connectivity index (χ2v) is 8.64. The molecule has 0 heterocycles. The maximum Gasteiger partial charge on any atom is 0.242 e. The predicted octanol–water partition coefficient (Wildman–Crippen LogP) is 3.49. The van der Waals surface area contributed by atoms with Crippen molar-refractivity contribution >= 4 is 15.8 Å². The van der Waals surface area contributed by atoms with Crippen molar-refractivity contribution in [3.63, 3.8) is 0 Å². The third kappa shape index (κ3) is 3.91. The van der Waals surface area contributed by atoms with Gasteiger partial charge in [-0.25, -0.2) is 12.7 Å². The number of likely N-dealkylation sites (N-methyl/N-ethyl adjacent to an activating group) is 1. The van der Waals surface area contributed by atoms with Crippen LogP contribution in [0.3, 0.4) is 0 Å². The van der Waals surface area contributed by atoms with Gasteiger partial charge in [-0.05, 0) is 24.6 Å². The Balaban J connectivity index is 2.29. The first kappa shape index (κ1) is 18.4. The highest BCUT2D eigenvalue weighted by Crippen LogP contribution is 2.26. The van der Waals surface area contributed by atoms with Crippen molar-refractivity contribution < 1.29 is 13.2 Å². The lowest BCUT2D eigenvalue weighted by molar-refractivity contribution is 0.101. The van der Waals surface area contributed by atoms with E-state index in [1.807, 2.05) is 44.2 Å². The van der Waals surface area contributed by atoms with E-state index in [9.17, 15) is 13.2 Å². The van der Waals surface area contributed by atoms with Crippen molar-refractivity contribution in [2.75, 3.05) is 13.6 Å². The number of ketones is 1. The normalized spacial score (nSPS) is 12.4. The maximum atomic E-state index is 12.8. The monoisotopic (exact) mass is 345 g/mol. The molecule has 0 amide bonds. The van der Waals surface area contributed by atoms with E-state index in [1.165, 1.54) is 23.4 Å². The Hall–Kier alpha value is -1.98. The molecule has 0 aromatic heterocycles. The molecule has 0 aliphatic heterocycles. The van der Waals surface area contributed by atoms with Gasteiger partial charge in [0.05, 0.1) is 4.90 Å². The molecule has 0 bridgehead atoms. The largest absolute Gasteiger partial charge is 0.295 e. The highest BCUT2D eigenvalue weighted by atomic mass is 32.2. The third-order valence-electron chi connectivity index (χ3n) is 4.12. The summed E-state index contributed by atoms with van der Waals surface area (Å²) in [5.41, 5.74) is 1.14. The van der Waals surface area contributed by atoms with Gasteiger partial charge in [-0.2, -0.15) is 0 Å². The molecule has 0 unspecified atom stereocenters. The summed E-state index contributed by atoms with van der Waals surface area (Å²) >= 11 is 0. The van der Waals surface area contributed by atoms with E-state index in [-0.39, 0.29) is 16.1 Å². The van der Waals surface area contributed by atoms with Gasteiger partial charge < -0.3 is 0 Å². The molecule has 24 heavy (non-hydrogen) atoms. The van der Waals surface area contributed by atoms with Crippen molar-refractivity contribution in [2.45, 2.75) is 31.1 Å². The standard InChI is InChI=1S/C19H23NO3S/c1-15(21)16-9-8-12-18(13-16)24(22,23)20(4)14-19(2,3)17-10-6-5-7-11-17/h5-13H,14H2,1-4H3. The molecule has 0 spiro atoms. The molecule has 0 aliphatic rings. The molecule has 0 aliphatic carbocycles. The van der Waals surface area contributed by atoms with Crippen LogP contribution in [0.15, 0.2) is 59.5 Å². The van der Waals surface area contributed by atoms with Crippen LogP contribution in [0.5, 0.6) is 0 Å². The number of hydrogen-bond acceptors (Lipinski definition) is 3. The molecule has 5 heteroatoms. The number of sulfonamides is 1. The van der Waals surface area contributed by atoms with E-state index in [4.69, 9.17) is 0 Å². The minimum atomic E-state index is -3.66. The average molecular weight is 345 g/mol. The van der Waals surface area contributed by atoms with Gasteiger partial charge in [0.15, 0.2) is 5.78 Å². The van der Waals surface area contributed by atoms with Crippen LogP contribution in [-0.4, -0.2) is 32.1 Å². The van der Waals surface area contributed by atoms with Crippen molar-refractivity contribution in [2.24, 2.45) is 0 Å². The summed E-state index contributed by atoms with van der Waals surface area (Å²) in [6.45, 7) is 5.79. The molecule has 2 aromatic carbocycles. The Kier molecular flexibility index (Phi) is 5.26. The van der Waals surface area contributed by atoms with E-state index < -0.39 is 10.0 Å². The molecule has 0 saturated heterocycles. The van der Waals surface area contributed by atoms with E-state index >= 15 is 0 Å². The van der Waals surface area contributed by atoms with E-state index in [2.05, 4.69) is 0 Å². The summed E-state index contributed by atoms with van der Waals surface area (Å²) in [5, 5.41) is 0.